The number of aromatic amines is 1. The van der Waals surface area contributed by atoms with Crippen LogP contribution in [0, 0.1) is 0 Å². The van der Waals surface area contributed by atoms with E-state index in [0.717, 1.165) is 19.3 Å². The molecule has 2 rings (SSSR count). The molecule has 0 spiro atoms. The number of aryl methyl sites for hydroxylation is 2. The quantitative estimate of drug-likeness (QED) is 0.613. The zero-order valence-electron chi connectivity index (χ0n) is 13.9. The molecule has 0 radical (unpaired) electrons. The van der Waals surface area contributed by atoms with E-state index in [9.17, 15) is 14.4 Å². The van der Waals surface area contributed by atoms with Gasteiger partial charge in [0.1, 0.15) is 5.78 Å². The van der Waals surface area contributed by atoms with Gasteiger partial charge in [-0.25, -0.2) is 9.78 Å². The highest BCUT2D eigenvalue weighted by Crippen LogP contribution is 2.26. The molecule has 0 amide bonds. The van der Waals surface area contributed by atoms with Crippen molar-refractivity contribution in [3.05, 3.63) is 20.8 Å². The summed E-state index contributed by atoms with van der Waals surface area (Å²) in [5.74, 6) is 0.0463. The molecule has 1 atom stereocenters. The lowest BCUT2D eigenvalue weighted by Gasteiger charge is -2.10. The summed E-state index contributed by atoms with van der Waals surface area (Å²) in [6.45, 7) is 6.09. The van der Waals surface area contributed by atoms with Gasteiger partial charge in [0.2, 0.25) is 0 Å². The summed E-state index contributed by atoms with van der Waals surface area (Å²) in [7, 11) is 1.58. The Hall–Kier alpha value is -1.83. The van der Waals surface area contributed by atoms with Gasteiger partial charge in [-0.15, -0.1) is 0 Å². The third kappa shape index (κ3) is 3.57. The smallest absolute Gasteiger partial charge is 0.313 e. The standard InChI is InChI=1S/C15H22N4O3S/c1-5-6-7-8-19-11-12(18(4)14(22)17-13(11)21)16-15(19)23-10(3)9(2)20/h10H,5-8H2,1-4H3,(H,17,21,22)/t10-/m1/s1. The molecule has 1 N–H and O–H groups in total. The van der Waals surface area contributed by atoms with Crippen LogP contribution in [0.4, 0.5) is 0 Å². The molecular weight excluding hydrogens is 316 g/mol. The molecule has 8 heteroatoms. The van der Waals surface area contributed by atoms with Crippen LogP contribution in [0.3, 0.4) is 0 Å². The predicted molar refractivity (Wildman–Crippen MR) is 91.1 cm³/mol. The van der Waals surface area contributed by atoms with Crippen molar-refractivity contribution in [2.24, 2.45) is 7.05 Å². The Kier molecular flexibility index (Phi) is 5.46. The number of ketones is 1. The number of H-pyrrole nitrogens is 1. The first-order valence-corrected chi connectivity index (χ1v) is 8.61. The topological polar surface area (TPSA) is 89.8 Å². The molecule has 2 heterocycles. The van der Waals surface area contributed by atoms with Gasteiger partial charge in [0.05, 0.1) is 5.25 Å². The van der Waals surface area contributed by atoms with Crippen LogP contribution in [0.25, 0.3) is 11.2 Å². The molecule has 23 heavy (non-hydrogen) atoms. The number of unbranched alkanes of at least 4 members (excludes halogenated alkanes) is 2. The van der Waals surface area contributed by atoms with Crippen LogP contribution in [-0.2, 0) is 18.4 Å². The van der Waals surface area contributed by atoms with Crippen molar-refractivity contribution < 1.29 is 4.79 Å². The maximum atomic E-state index is 12.2. The first kappa shape index (κ1) is 17.5. The molecular formula is C15H22N4O3S. The first-order chi connectivity index (χ1) is 10.9. The molecule has 0 fully saturated rings. The van der Waals surface area contributed by atoms with Gasteiger partial charge >= 0.3 is 5.69 Å². The van der Waals surface area contributed by atoms with Crippen LogP contribution in [-0.4, -0.2) is 30.1 Å². The molecule has 0 saturated carbocycles. The molecule has 2 aromatic heterocycles. The van der Waals surface area contributed by atoms with E-state index in [4.69, 9.17) is 0 Å². The van der Waals surface area contributed by atoms with E-state index in [0.29, 0.717) is 22.9 Å². The van der Waals surface area contributed by atoms with E-state index in [-0.39, 0.29) is 11.0 Å². The van der Waals surface area contributed by atoms with E-state index >= 15 is 0 Å². The summed E-state index contributed by atoms with van der Waals surface area (Å²) < 4.78 is 3.16. The van der Waals surface area contributed by atoms with E-state index < -0.39 is 11.2 Å². The number of rotatable bonds is 7. The second kappa shape index (κ2) is 7.16. The normalized spacial score (nSPS) is 12.7. The zero-order valence-corrected chi connectivity index (χ0v) is 14.7. The summed E-state index contributed by atoms with van der Waals surface area (Å²) in [5.41, 5.74) is -0.179. The van der Waals surface area contributed by atoms with Crippen LogP contribution in [0.2, 0.25) is 0 Å². The zero-order chi connectivity index (χ0) is 17.1. The highest BCUT2D eigenvalue weighted by atomic mass is 32.2. The fraction of sp³-hybridized carbons (Fsp3) is 0.600. The summed E-state index contributed by atoms with van der Waals surface area (Å²) in [4.78, 5) is 42.3. The van der Waals surface area contributed by atoms with Crippen LogP contribution < -0.4 is 11.2 Å². The van der Waals surface area contributed by atoms with E-state index in [1.54, 1.807) is 7.05 Å². The molecule has 0 saturated heterocycles. The number of hydrogen-bond donors (Lipinski definition) is 1. The van der Waals surface area contributed by atoms with Crippen molar-refractivity contribution in [1.29, 1.82) is 0 Å². The molecule has 7 nitrogen and oxygen atoms in total. The van der Waals surface area contributed by atoms with Crippen molar-refractivity contribution in [2.45, 2.75) is 57.0 Å². The SMILES string of the molecule is CCCCCn1c(S[C@H](C)C(C)=O)nc2c1c(=O)[nH]c(=O)n2C. The van der Waals surface area contributed by atoms with Crippen LogP contribution in [0.15, 0.2) is 14.7 Å². The molecule has 0 unspecified atom stereocenters. The van der Waals surface area contributed by atoms with Gasteiger partial charge in [-0.3, -0.25) is 19.1 Å². The predicted octanol–water partition coefficient (Wildman–Crippen LogP) is 1.68. The molecule has 126 valence electrons. The Morgan fingerprint density at radius 2 is 2.04 bits per heavy atom. The largest absolute Gasteiger partial charge is 0.329 e. The number of thioether (sulfide) groups is 1. The van der Waals surface area contributed by atoms with Crippen molar-refractivity contribution in [2.75, 3.05) is 0 Å². The van der Waals surface area contributed by atoms with Gasteiger partial charge < -0.3 is 4.57 Å². The maximum absolute atomic E-state index is 12.2. The van der Waals surface area contributed by atoms with E-state index in [2.05, 4.69) is 16.9 Å². The van der Waals surface area contributed by atoms with Gasteiger partial charge in [-0.05, 0) is 20.3 Å². The van der Waals surface area contributed by atoms with Crippen LogP contribution in [0.5, 0.6) is 0 Å². The van der Waals surface area contributed by atoms with Crippen molar-refractivity contribution in [1.82, 2.24) is 19.1 Å². The van der Waals surface area contributed by atoms with Gasteiger partial charge in [0.15, 0.2) is 16.3 Å². The van der Waals surface area contributed by atoms with Gasteiger partial charge in [-0.1, -0.05) is 31.5 Å². The lowest BCUT2D eigenvalue weighted by atomic mass is 10.2. The number of imidazole rings is 1. The number of nitrogens with one attached hydrogen (secondary N) is 1. The number of fused-ring (bicyclic) bond motifs is 1. The van der Waals surface area contributed by atoms with Gasteiger partial charge in [-0.2, -0.15) is 0 Å². The minimum absolute atomic E-state index is 0.0463. The van der Waals surface area contributed by atoms with Gasteiger partial charge in [0.25, 0.3) is 5.56 Å². The maximum Gasteiger partial charge on any atom is 0.329 e. The Morgan fingerprint density at radius 3 is 2.65 bits per heavy atom. The highest BCUT2D eigenvalue weighted by molar-refractivity contribution is 8.00. The molecule has 0 aromatic carbocycles. The summed E-state index contributed by atoms with van der Waals surface area (Å²) in [6, 6.07) is 0. The second-order valence-corrected chi connectivity index (χ2v) is 6.92. The lowest BCUT2D eigenvalue weighted by molar-refractivity contribution is -0.116. The molecule has 0 bridgehead atoms. The van der Waals surface area contributed by atoms with Crippen molar-refractivity contribution in [3.8, 4) is 0 Å². The molecule has 0 aliphatic heterocycles. The number of aromatic nitrogens is 4. The number of hydrogen-bond acceptors (Lipinski definition) is 5. The average Bonchev–Trinajstić information content (AvgIpc) is 2.84. The number of nitrogens with zero attached hydrogens (tertiary/aromatic N) is 3. The van der Waals surface area contributed by atoms with E-state index in [1.165, 1.54) is 23.3 Å². The average molecular weight is 338 g/mol. The fourth-order valence-corrected chi connectivity index (χ4v) is 3.20. The Labute approximate surface area is 138 Å². The third-order valence-corrected chi connectivity index (χ3v) is 5.02. The monoisotopic (exact) mass is 338 g/mol. The minimum atomic E-state index is -0.489. The van der Waals surface area contributed by atoms with Crippen LogP contribution in [0.1, 0.15) is 40.0 Å². The van der Waals surface area contributed by atoms with Crippen molar-refractivity contribution >= 4 is 28.7 Å². The fourth-order valence-electron chi connectivity index (χ4n) is 2.27. The minimum Gasteiger partial charge on any atom is -0.313 e. The van der Waals surface area contributed by atoms with Gasteiger partial charge in [0, 0.05) is 13.6 Å². The highest BCUT2D eigenvalue weighted by Gasteiger charge is 2.20. The first-order valence-electron chi connectivity index (χ1n) is 7.73. The van der Waals surface area contributed by atoms with Crippen molar-refractivity contribution in [3.63, 3.8) is 0 Å². The molecule has 2 aromatic rings. The second-order valence-electron chi connectivity index (χ2n) is 5.61. The summed E-state index contributed by atoms with van der Waals surface area (Å²) >= 11 is 1.32. The Balaban J connectivity index is 2.59. The summed E-state index contributed by atoms with van der Waals surface area (Å²) in [6.07, 6.45) is 3.01. The number of carbonyl (C=O) groups excluding carboxylic acids is 1. The molecule has 0 aliphatic carbocycles. The lowest BCUT2D eigenvalue weighted by Crippen LogP contribution is -2.29. The Bertz CT molecular complexity index is 834. The third-order valence-electron chi connectivity index (χ3n) is 3.81. The van der Waals surface area contributed by atoms with Crippen LogP contribution >= 0.6 is 11.8 Å². The number of carbonyl (C=O) groups is 1. The number of Topliss-reactive ketones (excluding diaryl/α,β-unsaturated/α-hetero) is 1. The molecule has 0 aliphatic rings. The summed E-state index contributed by atoms with van der Waals surface area (Å²) in [5, 5.41) is 0.346. The van der Waals surface area contributed by atoms with E-state index in [1.807, 2.05) is 11.5 Å². The Morgan fingerprint density at radius 1 is 1.35 bits per heavy atom.